The molecule has 1 aliphatic rings. The van der Waals surface area contributed by atoms with E-state index in [2.05, 4.69) is 12.2 Å². The van der Waals surface area contributed by atoms with Crippen LogP contribution in [-0.2, 0) is 0 Å². The monoisotopic (exact) mass is 276 g/mol. The Kier molecular flexibility index (Phi) is 5.41. The lowest BCUT2D eigenvalue weighted by atomic mass is 9.98. The summed E-state index contributed by atoms with van der Waals surface area (Å²) in [7, 11) is 0. The maximum Gasteiger partial charge on any atom is 0.253 e. The van der Waals surface area contributed by atoms with Crippen molar-refractivity contribution in [3.8, 4) is 0 Å². The number of carbonyl (C=O) groups excluding carboxylic acids is 1. The molecule has 2 N–H and O–H groups in total. The van der Waals surface area contributed by atoms with Gasteiger partial charge in [-0.2, -0.15) is 0 Å². The molecular formula is C16H24N2O2. The van der Waals surface area contributed by atoms with Gasteiger partial charge in [0.15, 0.2) is 0 Å². The van der Waals surface area contributed by atoms with Gasteiger partial charge in [0.2, 0.25) is 0 Å². The molecule has 1 aromatic carbocycles. The summed E-state index contributed by atoms with van der Waals surface area (Å²) >= 11 is 0. The molecule has 1 aromatic rings. The smallest absolute Gasteiger partial charge is 0.253 e. The van der Waals surface area contributed by atoms with Gasteiger partial charge in [0.1, 0.15) is 0 Å². The summed E-state index contributed by atoms with van der Waals surface area (Å²) in [6.45, 7) is 4.70. The van der Waals surface area contributed by atoms with Gasteiger partial charge in [0.05, 0.1) is 0 Å². The number of rotatable bonds is 5. The predicted molar refractivity (Wildman–Crippen MR) is 80.9 cm³/mol. The molecule has 1 unspecified atom stereocenters. The van der Waals surface area contributed by atoms with Crippen molar-refractivity contribution in [3.63, 3.8) is 0 Å². The molecule has 0 bridgehead atoms. The molecule has 1 aliphatic heterocycles. The Morgan fingerprint density at radius 3 is 2.80 bits per heavy atom. The molecule has 0 spiro atoms. The van der Waals surface area contributed by atoms with Gasteiger partial charge in [-0.05, 0) is 49.4 Å². The van der Waals surface area contributed by atoms with Crippen LogP contribution in [0, 0.1) is 5.92 Å². The summed E-state index contributed by atoms with van der Waals surface area (Å²) in [5.74, 6) is 0.309. The topological polar surface area (TPSA) is 52.6 Å². The number of nitrogens with one attached hydrogen (secondary N) is 1. The number of nitrogens with zero attached hydrogens (tertiary/aromatic N) is 1. The van der Waals surface area contributed by atoms with Crippen LogP contribution in [-0.4, -0.2) is 42.2 Å². The van der Waals surface area contributed by atoms with Crippen LogP contribution < -0.4 is 5.32 Å². The van der Waals surface area contributed by atoms with E-state index in [4.69, 9.17) is 0 Å². The Labute approximate surface area is 120 Å². The molecule has 1 heterocycles. The highest BCUT2D eigenvalue weighted by Crippen LogP contribution is 2.19. The Bertz CT molecular complexity index is 431. The molecule has 0 aromatic heterocycles. The average molecular weight is 276 g/mol. The number of hydrogen-bond donors (Lipinski definition) is 2. The van der Waals surface area contributed by atoms with Gasteiger partial charge >= 0.3 is 0 Å². The standard InChI is InChI=1S/C16H24N2O2/c1-2-9-17-15-7-5-14(6-8-15)16(20)18-10-3-4-13(11-18)12-19/h5-8,13,17,19H,2-4,9-12H2,1H3. The van der Waals surface area contributed by atoms with E-state index >= 15 is 0 Å². The third kappa shape index (κ3) is 3.73. The van der Waals surface area contributed by atoms with E-state index in [1.165, 1.54) is 0 Å². The first kappa shape index (κ1) is 14.9. The van der Waals surface area contributed by atoms with E-state index in [0.717, 1.165) is 43.6 Å². The number of likely N-dealkylation sites (tertiary alicyclic amines) is 1. The van der Waals surface area contributed by atoms with Gasteiger partial charge in [-0.1, -0.05) is 6.92 Å². The second kappa shape index (κ2) is 7.29. The third-order valence-electron chi connectivity index (χ3n) is 3.78. The Morgan fingerprint density at radius 2 is 2.15 bits per heavy atom. The van der Waals surface area contributed by atoms with Crippen molar-refractivity contribution < 1.29 is 9.90 Å². The summed E-state index contributed by atoms with van der Waals surface area (Å²) < 4.78 is 0. The summed E-state index contributed by atoms with van der Waals surface area (Å²) in [6.07, 6.45) is 3.07. The summed E-state index contributed by atoms with van der Waals surface area (Å²) in [6, 6.07) is 7.67. The first-order valence-electron chi connectivity index (χ1n) is 7.48. The van der Waals surface area contributed by atoms with E-state index in [1.807, 2.05) is 29.2 Å². The van der Waals surface area contributed by atoms with E-state index in [-0.39, 0.29) is 18.4 Å². The van der Waals surface area contributed by atoms with Gasteiger partial charge in [0, 0.05) is 37.5 Å². The molecule has 0 aliphatic carbocycles. The lowest BCUT2D eigenvalue weighted by Gasteiger charge is -2.32. The van der Waals surface area contributed by atoms with Crippen LogP contribution in [0.2, 0.25) is 0 Å². The maximum atomic E-state index is 12.4. The maximum absolute atomic E-state index is 12.4. The average Bonchev–Trinajstić information content (AvgIpc) is 2.52. The highest BCUT2D eigenvalue weighted by Gasteiger charge is 2.23. The molecule has 1 atom stereocenters. The Hall–Kier alpha value is -1.55. The number of anilines is 1. The molecule has 0 radical (unpaired) electrons. The van der Waals surface area contributed by atoms with Crippen molar-refractivity contribution in [3.05, 3.63) is 29.8 Å². The first-order chi connectivity index (χ1) is 9.74. The van der Waals surface area contributed by atoms with Crippen LogP contribution in [0.25, 0.3) is 0 Å². The summed E-state index contributed by atoms with van der Waals surface area (Å²) in [4.78, 5) is 14.3. The van der Waals surface area contributed by atoms with Crippen LogP contribution in [0.3, 0.4) is 0 Å². The minimum Gasteiger partial charge on any atom is -0.396 e. The van der Waals surface area contributed by atoms with E-state index in [0.29, 0.717) is 6.54 Å². The highest BCUT2D eigenvalue weighted by atomic mass is 16.3. The molecule has 110 valence electrons. The molecule has 4 heteroatoms. The predicted octanol–water partition coefficient (Wildman–Crippen LogP) is 2.35. The zero-order valence-electron chi connectivity index (χ0n) is 12.1. The fraction of sp³-hybridized carbons (Fsp3) is 0.562. The number of aliphatic hydroxyl groups excluding tert-OH is 1. The van der Waals surface area contributed by atoms with Crippen molar-refractivity contribution >= 4 is 11.6 Å². The van der Waals surface area contributed by atoms with Gasteiger partial charge < -0.3 is 15.3 Å². The molecule has 1 saturated heterocycles. The molecule has 2 rings (SSSR count). The normalized spacial score (nSPS) is 18.9. The lowest BCUT2D eigenvalue weighted by Crippen LogP contribution is -2.40. The molecule has 20 heavy (non-hydrogen) atoms. The van der Waals surface area contributed by atoms with Crippen LogP contribution >= 0.6 is 0 Å². The van der Waals surface area contributed by atoms with Gasteiger partial charge in [-0.3, -0.25) is 4.79 Å². The molecular weight excluding hydrogens is 252 g/mol. The largest absolute Gasteiger partial charge is 0.396 e. The van der Waals surface area contributed by atoms with Crippen molar-refractivity contribution in [1.29, 1.82) is 0 Å². The second-order valence-corrected chi connectivity index (χ2v) is 5.45. The Balaban J connectivity index is 1.98. The van der Waals surface area contributed by atoms with Crippen LogP contribution in [0.1, 0.15) is 36.5 Å². The highest BCUT2D eigenvalue weighted by molar-refractivity contribution is 5.94. The first-order valence-corrected chi connectivity index (χ1v) is 7.48. The van der Waals surface area contributed by atoms with Crippen LogP contribution in [0.15, 0.2) is 24.3 Å². The molecule has 1 amide bonds. The Morgan fingerprint density at radius 1 is 1.40 bits per heavy atom. The molecule has 0 saturated carbocycles. The quantitative estimate of drug-likeness (QED) is 0.868. The van der Waals surface area contributed by atoms with Gasteiger partial charge in [-0.15, -0.1) is 0 Å². The SMILES string of the molecule is CCCNc1ccc(C(=O)N2CCCC(CO)C2)cc1. The number of piperidine rings is 1. The van der Waals surface area contributed by atoms with E-state index < -0.39 is 0 Å². The summed E-state index contributed by atoms with van der Waals surface area (Å²) in [5, 5.41) is 12.5. The number of benzene rings is 1. The molecule has 4 nitrogen and oxygen atoms in total. The fourth-order valence-corrected chi connectivity index (χ4v) is 2.58. The third-order valence-corrected chi connectivity index (χ3v) is 3.78. The lowest BCUT2D eigenvalue weighted by molar-refractivity contribution is 0.0621. The number of amides is 1. The van der Waals surface area contributed by atoms with Crippen molar-refractivity contribution in [2.24, 2.45) is 5.92 Å². The zero-order chi connectivity index (χ0) is 14.4. The van der Waals surface area contributed by atoms with Crippen LogP contribution in [0.5, 0.6) is 0 Å². The van der Waals surface area contributed by atoms with Gasteiger partial charge in [0.25, 0.3) is 5.91 Å². The number of hydrogen-bond acceptors (Lipinski definition) is 3. The fourth-order valence-electron chi connectivity index (χ4n) is 2.58. The molecule has 1 fully saturated rings. The van der Waals surface area contributed by atoms with Crippen molar-refractivity contribution in [1.82, 2.24) is 4.90 Å². The van der Waals surface area contributed by atoms with Crippen molar-refractivity contribution in [2.45, 2.75) is 26.2 Å². The van der Waals surface area contributed by atoms with E-state index in [1.54, 1.807) is 0 Å². The minimum absolute atomic E-state index is 0.0743. The van der Waals surface area contributed by atoms with E-state index in [9.17, 15) is 9.90 Å². The number of aliphatic hydroxyl groups is 1. The van der Waals surface area contributed by atoms with Gasteiger partial charge in [-0.25, -0.2) is 0 Å². The van der Waals surface area contributed by atoms with Crippen molar-refractivity contribution in [2.75, 3.05) is 31.6 Å². The van der Waals surface area contributed by atoms with Crippen LogP contribution in [0.4, 0.5) is 5.69 Å². The second-order valence-electron chi connectivity index (χ2n) is 5.45. The minimum atomic E-state index is 0.0743. The summed E-state index contributed by atoms with van der Waals surface area (Å²) in [5.41, 5.74) is 1.78. The number of carbonyl (C=O) groups is 1. The zero-order valence-corrected chi connectivity index (χ0v) is 12.1.